The number of nitrogens with one attached hydrogen (secondary N) is 1. The standard InChI is InChI=1S/C16H33N3O/c1-6-19(7-2)9-8-18-16(14(17)20)11-13(3)10-15(4,5)12-16/h13,18H,6-12H2,1-5H3,(H2,17,20). The van der Waals surface area contributed by atoms with Crippen molar-refractivity contribution in [2.24, 2.45) is 17.1 Å². The number of nitrogens with two attached hydrogens (primary N) is 1. The first kappa shape index (κ1) is 17.4. The van der Waals surface area contributed by atoms with Gasteiger partial charge in [-0.2, -0.15) is 0 Å². The lowest BCUT2D eigenvalue weighted by Gasteiger charge is -2.46. The maximum Gasteiger partial charge on any atom is 0.237 e. The summed E-state index contributed by atoms with van der Waals surface area (Å²) in [6.45, 7) is 14.9. The minimum atomic E-state index is -0.520. The van der Waals surface area contributed by atoms with Gasteiger partial charge in [-0.25, -0.2) is 0 Å². The maximum atomic E-state index is 12.1. The molecule has 0 aliphatic heterocycles. The molecule has 1 amide bonds. The SMILES string of the molecule is CCN(CC)CCNC1(C(N)=O)CC(C)CC(C)(C)C1. The quantitative estimate of drug-likeness (QED) is 0.751. The second-order valence-corrected chi connectivity index (χ2v) is 7.25. The van der Waals surface area contributed by atoms with Gasteiger partial charge >= 0.3 is 0 Å². The van der Waals surface area contributed by atoms with E-state index in [0.29, 0.717) is 5.92 Å². The molecule has 1 rings (SSSR count). The summed E-state index contributed by atoms with van der Waals surface area (Å²) in [6.07, 6.45) is 2.88. The van der Waals surface area contributed by atoms with E-state index in [1.165, 1.54) is 6.42 Å². The molecule has 4 heteroatoms. The summed E-state index contributed by atoms with van der Waals surface area (Å²) in [6, 6.07) is 0. The van der Waals surface area contributed by atoms with E-state index < -0.39 is 5.54 Å². The van der Waals surface area contributed by atoms with Gasteiger partial charge in [0.05, 0.1) is 5.54 Å². The van der Waals surface area contributed by atoms with E-state index in [1.807, 2.05) is 0 Å². The number of primary amides is 1. The highest BCUT2D eigenvalue weighted by atomic mass is 16.1. The zero-order valence-electron chi connectivity index (χ0n) is 14.0. The maximum absolute atomic E-state index is 12.1. The molecule has 0 aromatic carbocycles. The van der Waals surface area contributed by atoms with Crippen LogP contribution in [0.25, 0.3) is 0 Å². The first-order chi connectivity index (χ1) is 9.24. The van der Waals surface area contributed by atoms with Crippen LogP contribution in [0.5, 0.6) is 0 Å². The minimum absolute atomic E-state index is 0.175. The summed E-state index contributed by atoms with van der Waals surface area (Å²) in [4.78, 5) is 14.4. The molecule has 0 saturated heterocycles. The van der Waals surface area contributed by atoms with Crippen molar-refractivity contribution in [3.63, 3.8) is 0 Å². The molecule has 2 atom stereocenters. The van der Waals surface area contributed by atoms with Crippen molar-refractivity contribution in [3.8, 4) is 0 Å². The Labute approximate surface area is 124 Å². The molecule has 118 valence electrons. The number of hydrogen-bond acceptors (Lipinski definition) is 3. The Bertz CT molecular complexity index is 326. The Kier molecular flexibility index (Phi) is 6.02. The molecule has 1 aliphatic carbocycles. The molecule has 1 fully saturated rings. The molecule has 20 heavy (non-hydrogen) atoms. The van der Waals surface area contributed by atoms with Gasteiger partial charge in [-0.1, -0.05) is 34.6 Å². The molecule has 0 radical (unpaired) electrons. The lowest BCUT2D eigenvalue weighted by molar-refractivity contribution is -0.128. The fourth-order valence-electron chi connectivity index (χ4n) is 3.97. The molecule has 3 N–H and O–H groups in total. The van der Waals surface area contributed by atoms with Gasteiger partial charge in [0.1, 0.15) is 0 Å². The van der Waals surface area contributed by atoms with E-state index in [9.17, 15) is 4.79 Å². The van der Waals surface area contributed by atoms with Gasteiger partial charge in [0.15, 0.2) is 0 Å². The van der Waals surface area contributed by atoms with Crippen molar-refractivity contribution in [1.82, 2.24) is 10.2 Å². The summed E-state index contributed by atoms with van der Waals surface area (Å²) < 4.78 is 0. The van der Waals surface area contributed by atoms with Crippen molar-refractivity contribution in [2.75, 3.05) is 26.2 Å². The van der Waals surface area contributed by atoms with Crippen LogP contribution in [0.3, 0.4) is 0 Å². The van der Waals surface area contributed by atoms with Crippen LogP contribution in [-0.4, -0.2) is 42.5 Å². The Morgan fingerprint density at radius 2 is 1.90 bits per heavy atom. The van der Waals surface area contributed by atoms with Crippen molar-refractivity contribution in [2.45, 2.75) is 59.4 Å². The van der Waals surface area contributed by atoms with Crippen LogP contribution >= 0.6 is 0 Å². The molecule has 2 unspecified atom stereocenters. The van der Waals surface area contributed by atoms with Gasteiger partial charge in [0, 0.05) is 13.1 Å². The molecule has 1 aliphatic rings. The summed E-state index contributed by atoms with van der Waals surface area (Å²) in [5.74, 6) is 0.351. The van der Waals surface area contributed by atoms with Gasteiger partial charge < -0.3 is 16.0 Å². The van der Waals surface area contributed by atoms with Crippen LogP contribution < -0.4 is 11.1 Å². The largest absolute Gasteiger partial charge is 0.368 e. The second-order valence-electron chi connectivity index (χ2n) is 7.25. The zero-order chi connectivity index (χ0) is 15.4. The van der Waals surface area contributed by atoms with Crippen LogP contribution in [0.15, 0.2) is 0 Å². The topological polar surface area (TPSA) is 58.4 Å². The molecule has 1 saturated carbocycles. The monoisotopic (exact) mass is 283 g/mol. The molecule has 0 bridgehead atoms. The number of nitrogens with zero attached hydrogens (tertiary/aromatic N) is 1. The van der Waals surface area contributed by atoms with Crippen LogP contribution in [0.1, 0.15) is 53.9 Å². The van der Waals surface area contributed by atoms with Crippen LogP contribution in [0.4, 0.5) is 0 Å². The highest BCUT2D eigenvalue weighted by Crippen LogP contribution is 2.43. The van der Waals surface area contributed by atoms with Gasteiger partial charge in [0.25, 0.3) is 0 Å². The molecule has 0 aromatic rings. The Morgan fingerprint density at radius 3 is 2.35 bits per heavy atom. The number of carbonyl (C=O) groups excluding carboxylic acids is 1. The predicted octanol–water partition coefficient (Wildman–Crippen LogP) is 1.99. The van der Waals surface area contributed by atoms with E-state index >= 15 is 0 Å². The van der Waals surface area contributed by atoms with E-state index in [1.54, 1.807) is 0 Å². The molecule has 0 aromatic heterocycles. The lowest BCUT2D eigenvalue weighted by atomic mass is 9.64. The third-order valence-corrected chi connectivity index (χ3v) is 4.64. The number of rotatable bonds is 7. The minimum Gasteiger partial charge on any atom is -0.368 e. The van der Waals surface area contributed by atoms with Gasteiger partial charge in [-0.3, -0.25) is 4.79 Å². The van der Waals surface area contributed by atoms with Crippen LogP contribution in [0.2, 0.25) is 0 Å². The van der Waals surface area contributed by atoms with Gasteiger partial charge in [-0.15, -0.1) is 0 Å². The zero-order valence-corrected chi connectivity index (χ0v) is 14.0. The van der Waals surface area contributed by atoms with Crippen LogP contribution in [0, 0.1) is 11.3 Å². The van der Waals surface area contributed by atoms with Crippen LogP contribution in [-0.2, 0) is 4.79 Å². The lowest BCUT2D eigenvalue weighted by Crippen LogP contribution is -2.61. The third-order valence-electron chi connectivity index (χ3n) is 4.64. The van der Waals surface area contributed by atoms with E-state index in [4.69, 9.17) is 5.73 Å². The average molecular weight is 283 g/mol. The fourth-order valence-corrected chi connectivity index (χ4v) is 3.97. The number of amides is 1. The van der Waals surface area contributed by atoms with E-state index in [0.717, 1.165) is 39.0 Å². The normalized spacial score (nSPS) is 29.6. The third kappa shape index (κ3) is 4.45. The van der Waals surface area contributed by atoms with Gasteiger partial charge in [-0.05, 0) is 43.7 Å². The molecular weight excluding hydrogens is 250 g/mol. The average Bonchev–Trinajstić information content (AvgIpc) is 2.32. The first-order valence-electron chi connectivity index (χ1n) is 8.02. The second kappa shape index (κ2) is 6.90. The molecule has 4 nitrogen and oxygen atoms in total. The summed E-state index contributed by atoms with van der Waals surface area (Å²) in [5, 5.41) is 3.50. The number of carbonyl (C=O) groups is 1. The first-order valence-corrected chi connectivity index (χ1v) is 8.02. The van der Waals surface area contributed by atoms with Crippen molar-refractivity contribution < 1.29 is 4.79 Å². The Morgan fingerprint density at radius 1 is 1.30 bits per heavy atom. The Hall–Kier alpha value is -0.610. The summed E-state index contributed by atoms with van der Waals surface area (Å²) in [7, 11) is 0. The van der Waals surface area contributed by atoms with E-state index in [-0.39, 0.29) is 11.3 Å². The molecular formula is C16H33N3O. The van der Waals surface area contributed by atoms with E-state index in [2.05, 4.69) is 44.8 Å². The smallest absolute Gasteiger partial charge is 0.237 e. The van der Waals surface area contributed by atoms with Crippen molar-refractivity contribution in [3.05, 3.63) is 0 Å². The summed E-state index contributed by atoms with van der Waals surface area (Å²) in [5.41, 5.74) is 5.41. The Balaban J connectivity index is 2.70. The highest BCUT2D eigenvalue weighted by Gasteiger charge is 2.46. The van der Waals surface area contributed by atoms with Gasteiger partial charge in [0.2, 0.25) is 5.91 Å². The number of hydrogen-bond donors (Lipinski definition) is 2. The van der Waals surface area contributed by atoms with Crippen molar-refractivity contribution >= 4 is 5.91 Å². The summed E-state index contributed by atoms with van der Waals surface area (Å²) >= 11 is 0. The van der Waals surface area contributed by atoms with Crippen molar-refractivity contribution in [1.29, 1.82) is 0 Å². The highest BCUT2D eigenvalue weighted by molar-refractivity contribution is 5.85. The predicted molar refractivity (Wildman–Crippen MR) is 84.5 cm³/mol. The molecule has 0 spiro atoms. The molecule has 0 heterocycles. The number of likely N-dealkylation sites (N-methyl/N-ethyl adjacent to an activating group) is 1. The fraction of sp³-hybridized carbons (Fsp3) is 0.938.